The van der Waals surface area contributed by atoms with Crippen LogP contribution in [-0.4, -0.2) is 22.7 Å². The smallest absolute Gasteiger partial charge is 0.339 e. The van der Waals surface area contributed by atoms with Crippen molar-refractivity contribution in [2.45, 2.75) is 0 Å². The highest BCUT2D eigenvalue weighted by atomic mass is 79.9. The lowest BCUT2D eigenvalue weighted by atomic mass is 10.2. The molecule has 0 saturated heterocycles. The SMILES string of the molecule is C=Cc1cnn2ccc(C(=O)OC)c(Br)c12. The lowest BCUT2D eigenvalue weighted by Crippen LogP contribution is -2.04. The molecule has 0 radical (unpaired) electrons. The molecule has 2 heterocycles. The molecule has 4 nitrogen and oxygen atoms in total. The van der Waals surface area contributed by atoms with E-state index in [0.29, 0.717) is 10.0 Å². The molecule has 0 aliphatic carbocycles. The van der Waals surface area contributed by atoms with Crippen LogP contribution >= 0.6 is 15.9 Å². The molecule has 2 aromatic rings. The minimum absolute atomic E-state index is 0.384. The third-order valence-corrected chi connectivity index (χ3v) is 3.08. The van der Waals surface area contributed by atoms with Crippen LogP contribution in [0.25, 0.3) is 11.6 Å². The number of pyridine rings is 1. The quantitative estimate of drug-likeness (QED) is 0.794. The second-order valence-electron chi connectivity index (χ2n) is 3.13. The van der Waals surface area contributed by atoms with Gasteiger partial charge in [0.2, 0.25) is 0 Å². The molecule has 2 rings (SSSR count). The first kappa shape index (κ1) is 10.9. The Hall–Kier alpha value is -1.62. The summed E-state index contributed by atoms with van der Waals surface area (Å²) in [5.74, 6) is -0.384. The fraction of sp³-hybridized carbons (Fsp3) is 0.0909. The number of esters is 1. The minimum atomic E-state index is -0.384. The Morgan fingerprint density at radius 3 is 3.06 bits per heavy atom. The Morgan fingerprint density at radius 1 is 1.69 bits per heavy atom. The second kappa shape index (κ2) is 4.09. The van der Waals surface area contributed by atoms with Gasteiger partial charge in [0.15, 0.2) is 0 Å². The average Bonchev–Trinajstić information content (AvgIpc) is 2.72. The van der Waals surface area contributed by atoms with Gasteiger partial charge in [-0.3, -0.25) is 0 Å². The van der Waals surface area contributed by atoms with Gasteiger partial charge in [-0.15, -0.1) is 0 Å². The largest absolute Gasteiger partial charge is 0.465 e. The summed E-state index contributed by atoms with van der Waals surface area (Å²) in [6.07, 6.45) is 5.08. The van der Waals surface area contributed by atoms with E-state index in [1.165, 1.54) is 7.11 Å². The minimum Gasteiger partial charge on any atom is -0.465 e. The van der Waals surface area contributed by atoms with Gasteiger partial charge in [0, 0.05) is 11.8 Å². The number of fused-ring (bicyclic) bond motifs is 1. The highest BCUT2D eigenvalue weighted by molar-refractivity contribution is 9.10. The summed E-state index contributed by atoms with van der Waals surface area (Å²) in [5, 5.41) is 4.14. The first-order chi connectivity index (χ1) is 7.69. The van der Waals surface area contributed by atoms with E-state index in [0.717, 1.165) is 11.1 Å². The molecule has 0 aliphatic rings. The van der Waals surface area contributed by atoms with Crippen LogP contribution in [0.4, 0.5) is 0 Å². The number of carbonyl (C=O) groups excluding carboxylic acids is 1. The zero-order valence-electron chi connectivity index (χ0n) is 8.61. The predicted molar refractivity (Wildman–Crippen MR) is 64.3 cm³/mol. The van der Waals surface area contributed by atoms with Crippen molar-refractivity contribution in [1.29, 1.82) is 0 Å². The Bertz CT molecular complexity index is 575. The normalized spacial score (nSPS) is 10.4. The van der Waals surface area contributed by atoms with Crippen molar-refractivity contribution in [2.24, 2.45) is 0 Å². The summed E-state index contributed by atoms with van der Waals surface area (Å²) in [7, 11) is 1.35. The van der Waals surface area contributed by atoms with Crippen LogP contribution in [0.5, 0.6) is 0 Å². The van der Waals surface area contributed by atoms with Gasteiger partial charge in [-0.05, 0) is 22.0 Å². The van der Waals surface area contributed by atoms with Crippen molar-refractivity contribution >= 4 is 33.5 Å². The number of hydrogen-bond donors (Lipinski definition) is 0. The molecular formula is C11H9BrN2O2. The first-order valence-electron chi connectivity index (χ1n) is 4.55. The molecule has 2 aromatic heterocycles. The number of nitrogens with zero attached hydrogens (tertiary/aromatic N) is 2. The van der Waals surface area contributed by atoms with Crippen LogP contribution < -0.4 is 0 Å². The standard InChI is InChI=1S/C11H9BrN2O2/c1-3-7-6-13-14-5-4-8(11(15)16-2)9(12)10(7)14/h3-6H,1H2,2H3. The molecular weight excluding hydrogens is 272 g/mol. The van der Waals surface area contributed by atoms with Gasteiger partial charge in [-0.25, -0.2) is 9.31 Å². The molecule has 0 unspecified atom stereocenters. The molecule has 0 amide bonds. The summed E-state index contributed by atoms with van der Waals surface area (Å²) in [6, 6.07) is 1.66. The Balaban J connectivity index is 2.76. The lowest BCUT2D eigenvalue weighted by Gasteiger charge is -2.04. The number of aromatic nitrogens is 2. The predicted octanol–water partition coefficient (Wildman–Crippen LogP) is 2.53. The fourth-order valence-corrected chi connectivity index (χ4v) is 2.18. The number of rotatable bonds is 2. The molecule has 82 valence electrons. The summed E-state index contributed by atoms with van der Waals surface area (Å²) in [5.41, 5.74) is 2.13. The highest BCUT2D eigenvalue weighted by Crippen LogP contribution is 2.26. The zero-order chi connectivity index (χ0) is 11.7. The number of halogens is 1. The van der Waals surface area contributed by atoms with Crippen LogP contribution in [0, 0.1) is 0 Å². The van der Waals surface area contributed by atoms with E-state index in [1.807, 2.05) is 0 Å². The van der Waals surface area contributed by atoms with Crippen LogP contribution in [0.2, 0.25) is 0 Å². The molecule has 0 bridgehead atoms. The summed E-state index contributed by atoms with van der Waals surface area (Å²) < 4.78 is 7.03. The van der Waals surface area contributed by atoms with Gasteiger partial charge in [0.1, 0.15) is 0 Å². The molecule has 0 aromatic carbocycles. The van der Waals surface area contributed by atoms with Crippen LogP contribution in [0.3, 0.4) is 0 Å². The van der Waals surface area contributed by atoms with Crippen molar-refractivity contribution in [2.75, 3.05) is 7.11 Å². The Kier molecular flexibility index (Phi) is 2.78. The summed E-state index contributed by atoms with van der Waals surface area (Å²) >= 11 is 3.38. The molecule has 16 heavy (non-hydrogen) atoms. The Morgan fingerprint density at radius 2 is 2.44 bits per heavy atom. The first-order valence-corrected chi connectivity index (χ1v) is 5.35. The van der Waals surface area contributed by atoms with Gasteiger partial charge >= 0.3 is 5.97 Å². The average molecular weight is 281 g/mol. The monoisotopic (exact) mass is 280 g/mol. The maximum absolute atomic E-state index is 11.5. The van der Waals surface area contributed by atoms with Crippen molar-refractivity contribution in [3.63, 3.8) is 0 Å². The maximum Gasteiger partial charge on any atom is 0.339 e. The van der Waals surface area contributed by atoms with Crippen molar-refractivity contribution in [3.05, 3.63) is 40.6 Å². The molecule has 5 heteroatoms. The lowest BCUT2D eigenvalue weighted by molar-refractivity contribution is 0.0599. The van der Waals surface area contributed by atoms with Crippen LogP contribution in [0.15, 0.2) is 29.5 Å². The maximum atomic E-state index is 11.5. The number of carbonyl (C=O) groups is 1. The van der Waals surface area contributed by atoms with Crippen molar-refractivity contribution in [3.8, 4) is 0 Å². The van der Waals surface area contributed by atoms with E-state index in [9.17, 15) is 4.79 Å². The molecule has 0 spiro atoms. The van der Waals surface area contributed by atoms with E-state index < -0.39 is 0 Å². The van der Waals surface area contributed by atoms with Crippen molar-refractivity contribution < 1.29 is 9.53 Å². The van der Waals surface area contributed by atoms with E-state index in [1.54, 1.807) is 29.1 Å². The van der Waals surface area contributed by atoms with Gasteiger partial charge < -0.3 is 4.74 Å². The summed E-state index contributed by atoms with van der Waals surface area (Å²) in [6.45, 7) is 3.70. The summed E-state index contributed by atoms with van der Waals surface area (Å²) in [4.78, 5) is 11.5. The third kappa shape index (κ3) is 1.53. The molecule has 0 N–H and O–H groups in total. The van der Waals surface area contributed by atoms with E-state index in [2.05, 4.69) is 27.6 Å². The second-order valence-corrected chi connectivity index (χ2v) is 3.93. The number of hydrogen-bond acceptors (Lipinski definition) is 3. The Labute approximate surface area is 101 Å². The molecule has 0 fully saturated rings. The van der Waals surface area contributed by atoms with Gasteiger partial charge in [0.05, 0.1) is 28.9 Å². The molecule has 0 atom stereocenters. The van der Waals surface area contributed by atoms with Gasteiger partial charge in [-0.1, -0.05) is 12.7 Å². The number of ether oxygens (including phenoxy) is 1. The number of methoxy groups -OCH3 is 1. The highest BCUT2D eigenvalue weighted by Gasteiger charge is 2.15. The topological polar surface area (TPSA) is 43.6 Å². The van der Waals surface area contributed by atoms with E-state index in [-0.39, 0.29) is 5.97 Å². The third-order valence-electron chi connectivity index (χ3n) is 2.28. The van der Waals surface area contributed by atoms with Crippen LogP contribution in [0.1, 0.15) is 15.9 Å². The van der Waals surface area contributed by atoms with Gasteiger partial charge in [0.25, 0.3) is 0 Å². The molecule has 0 saturated carbocycles. The zero-order valence-corrected chi connectivity index (χ0v) is 10.2. The van der Waals surface area contributed by atoms with Crippen LogP contribution in [-0.2, 0) is 4.74 Å². The fourth-order valence-electron chi connectivity index (χ4n) is 1.48. The van der Waals surface area contributed by atoms with E-state index in [4.69, 9.17) is 4.74 Å². The molecule has 0 aliphatic heterocycles. The van der Waals surface area contributed by atoms with E-state index >= 15 is 0 Å². The van der Waals surface area contributed by atoms with Crippen molar-refractivity contribution in [1.82, 2.24) is 9.61 Å². The van der Waals surface area contributed by atoms with Gasteiger partial charge in [-0.2, -0.15) is 5.10 Å².